The quantitative estimate of drug-likeness (QED) is 0.823. The summed E-state index contributed by atoms with van der Waals surface area (Å²) in [6.07, 6.45) is 0.568. The number of methoxy groups -OCH3 is 1. The number of anilines is 1. The fourth-order valence-corrected chi connectivity index (χ4v) is 1.59. The molecule has 0 saturated heterocycles. The molecule has 0 aliphatic carbocycles. The highest BCUT2D eigenvalue weighted by Gasteiger charge is 2.09. The molecule has 0 aromatic heterocycles. The molecule has 0 bridgehead atoms. The standard InChI is InChI=1S/C12H16ClNO3/c1-8(12(15)16)5-6-14-9-3-4-11(17-2)10(13)7-9/h3-4,7-8,14H,5-6H2,1-2H3,(H,15,16). The summed E-state index contributed by atoms with van der Waals surface area (Å²) in [7, 11) is 1.56. The third-order valence-electron chi connectivity index (χ3n) is 2.48. The maximum Gasteiger partial charge on any atom is 0.306 e. The van der Waals surface area contributed by atoms with E-state index in [0.29, 0.717) is 23.7 Å². The lowest BCUT2D eigenvalue weighted by Crippen LogP contribution is -2.14. The maximum atomic E-state index is 10.6. The lowest BCUT2D eigenvalue weighted by Gasteiger charge is -2.10. The molecule has 1 aromatic rings. The van der Waals surface area contributed by atoms with Crippen molar-refractivity contribution < 1.29 is 14.6 Å². The van der Waals surface area contributed by atoms with E-state index in [1.165, 1.54) is 0 Å². The summed E-state index contributed by atoms with van der Waals surface area (Å²) in [4.78, 5) is 10.6. The normalized spacial score (nSPS) is 11.9. The number of carbonyl (C=O) groups is 1. The van der Waals surface area contributed by atoms with Crippen LogP contribution in [-0.4, -0.2) is 24.7 Å². The van der Waals surface area contributed by atoms with E-state index in [9.17, 15) is 4.79 Å². The lowest BCUT2D eigenvalue weighted by atomic mass is 10.1. The third kappa shape index (κ3) is 4.15. The van der Waals surface area contributed by atoms with E-state index < -0.39 is 5.97 Å². The fraction of sp³-hybridized carbons (Fsp3) is 0.417. The Morgan fingerprint density at radius 2 is 2.29 bits per heavy atom. The monoisotopic (exact) mass is 257 g/mol. The van der Waals surface area contributed by atoms with Gasteiger partial charge in [-0.05, 0) is 24.6 Å². The molecule has 0 spiro atoms. The minimum atomic E-state index is -0.778. The van der Waals surface area contributed by atoms with Crippen LogP contribution in [0, 0.1) is 5.92 Å². The highest BCUT2D eigenvalue weighted by atomic mass is 35.5. The molecule has 2 N–H and O–H groups in total. The topological polar surface area (TPSA) is 58.6 Å². The molecule has 0 saturated carbocycles. The lowest BCUT2D eigenvalue weighted by molar-refractivity contribution is -0.141. The van der Waals surface area contributed by atoms with Gasteiger partial charge in [0.15, 0.2) is 0 Å². The Morgan fingerprint density at radius 1 is 1.59 bits per heavy atom. The second-order valence-electron chi connectivity index (χ2n) is 3.80. The Morgan fingerprint density at radius 3 is 2.82 bits per heavy atom. The first-order valence-corrected chi connectivity index (χ1v) is 5.72. The maximum absolute atomic E-state index is 10.6. The summed E-state index contributed by atoms with van der Waals surface area (Å²) in [5.74, 6) is -0.507. The van der Waals surface area contributed by atoms with Crippen molar-refractivity contribution in [3.63, 3.8) is 0 Å². The predicted molar refractivity (Wildman–Crippen MR) is 67.9 cm³/mol. The average Bonchev–Trinajstić information content (AvgIpc) is 2.29. The zero-order valence-electron chi connectivity index (χ0n) is 9.87. The summed E-state index contributed by atoms with van der Waals surface area (Å²) < 4.78 is 5.04. The summed E-state index contributed by atoms with van der Waals surface area (Å²) in [6, 6.07) is 5.37. The Kier molecular flexibility index (Phi) is 5.10. The zero-order valence-corrected chi connectivity index (χ0v) is 10.6. The van der Waals surface area contributed by atoms with Crippen LogP contribution in [0.5, 0.6) is 5.75 Å². The van der Waals surface area contributed by atoms with Gasteiger partial charge in [-0.15, -0.1) is 0 Å². The first kappa shape index (κ1) is 13.6. The zero-order chi connectivity index (χ0) is 12.8. The molecule has 0 radical (unpaired) electrons. The highest BCUT2D eigenvalue weighted by Crippen LogP contribution is 2.27. The summed E-state index contributed by atoms with van der Waals surface area (Å²) in [5, 5.41) is 12.4. The molecule has 0 fully saturated rings. The van der Waals surface area contributed by atoms with Crippen LogP contribution in [-0.2, 0) is 4.79 Å². The molecule has 5 heteroatoms. The van der Waals surface area contributed by atoms with E-state index in [1.54, 1.807) is 26.2 Å². The molecule has 0 aliphatic rings. The Balaban J connectivity index is 2.47. The van der Waals surface area contributed by atoms with Crippen LogP contribution in [0.2, 0.25) is 5.02 Å². The van der Waals surface area contributed by atoms with Gasteiger partial charge in [-0.25, -0.2) is 0 Å². The number of benzene rings is 1. The van der Waals surface area contributed by atoms with Crippen LogP contribution < -0.4 is 10.1 Å². The number of rotatable bonds is 6. The second kappa shape index (κ2) is 6.35. The van der Waals surface area contributed by atoms with Gasteiger partial charge in [-0.2, -0.15) is 0 Å². The van der Waals surface area contributed by atoms with Gasteiger partial charge < -0.3 is 15.2 Å². The average molecular weight is 258 g/mol. The Bertz CT molecular complexity index is 395. The van der Waals surface area contributed by atoms with Crippen molar-refractivity contribution in [1.29, 1.82) is 0 Å². The van der Waals surface area contributed by atoms with Crippen molar-refractivity contribution in [2.75, 3.05) is 19.0 Å². The summed E-state index contributed by atoms with van der Waals surface area (Å²) in [5.41, 5.74) is 0.855. The van der Waals surface area contributed by atoms with E-state index in [2.05, 4.69) is 5.32 Å². The first-order valence-electron chi connectivity index (χ1n) is 5.34. The number of carboxylic acids is 1. The van der Waals surface area contributed by atoms with Crippen molar-refractivity contribution >= 4 is 23.3 Å². The molecule has 1 unspecified atom stereocenters. The molecule has 94 valence electrons. The van der Waals surface area contributed by atoms with Crippen LogP contribution >= 0.6 is 11.6 Å². The Hall–Kier alpha value is -1.42. The second-order valence-corrected chi connectivity index (χ2v) is 4.21. The number of aliphatic carboxylic acids is 1. The van der Waals surface area contributed by atoms with Gasteiger partial charge in [0, 0.05) is 12.2 Å². The molecule has 0 amide bonds. The van der Waals surface area contributed by atoms with Crippen molar-refractivity contribution in [3.05, 3.63) is 23.2 Å². The summed E-state index contributed by atoms with van der Waals surface area (Å²) in [6.45, 7) is 2.28. The van der Waals surface area contributed by atoms with Gasteiger partial charge in [0.05, 0.1) is 18.1 Å². The van der Waals surface area contributed by atoms with Crippen LogP contribution in [0.15, 0.2) is 18.2 Å². The van der Waals surface area contributed by atoms with E-state index in [0.717, 1.165) is 5.69 Å². The molecular weight excluding hydrogens is 242 g/mol. The van der Waals surface area contributed by atoms with E-state index in [4.69, 9.17) is 21.4 Å². The number of carboxylic acid groups (broad SMARTS) is 1. The largest absolute Gasteiger partial charge is 0.495 e. The van der Waals surface area contributed by atoms with Crippen LogP contribution in [0.1, 0.15) is 13.3 Å². The van der Waals surface area contributed by atoms with Gasteiger partial charge in [-0.1, -0.05) is 18.5 Å². The van der Waals surface area contributed by atoms with Gasteiger partial charge in [0.1, 0.15) is 5.75 Å². The number of ether oxygens (including phenoxy) is 1. The predicted octanol–water partition coefficient (Wildman–Crippen LogP) is 2.87. The number of hydrogen-bond acceptors (Lipinski definition) is 3. The minimum Gasteiger partial charge on any atom is -0.495 e. The van der Waals surface area contributed by atoms with Gasteiger partial charge in [0.2, 0.25) is 0 Å². The third-order valence-corrected chi connectivity index (χ3v) is 2.78. The van der Waals surface area contributed by atoms with Crippen LogP contribution in [0.4, 0.5) is 5.69 Å². The van der Waals surface area contributed by atoms with Gasteiger partial charge in [-0.3, -0.25) is 4.79 Å². The van der Waals surface area contributed by atoms with Crippen molar-refractivity contribution in [3.8, 4) is 5.75 Å². The van der Waals surface area contributed by atoms with Gasteiger partial charge in [0.25, 0.3) is 0 Å². The molecule has 1 rings (SSSR count). The van der Waals surface area contributed by atoms with E-state index >= 15 is 0 Å². The van der Waals surface area contributed by atoms with Crippen LogP contribution in [0.25, 0.3) is 0 Å². The van der Waals surface area contributed by atoms with E-state index in [1.807, 2.05) is 6.07 Å². The number of nitrogens with one attached hydrogen (secondary N) is 1. The minimum absolute atomic E-state index is 0.351. The fourth-order valence-electron chi connectivity index (χ4n) is 1.33. The molecule has 1 atom stereocenters. The molecule has 0 heterocycles. The highest BCUT2D eigenvalue weighted by molar-refractivity contribution is 6.32. The van der Waals surface area contributed by atoms with Crippen molar-refractivity contribution in [2.45, 2.75) is 13.3 Å². The Labute approximate surface area is 106 Å². The van der Waals surface area contributed by atoms with E-state index in [-0.39, 0.29) is 5.92 Å². The summed E-state index contributed by atoms with van der Waals surface area (Å²) >= 11 is 5.96. The molecule has 0 aliphatic heterocycles. The number of hydrogen-bond donors (Lipinski definition) is 2. The van der Waals surface area contributed by atoms with Crippen LogP contribution in [0.3, 0.4) is 0 Å². The molecule has 1 aromatic carbocycles. The molecular formula is C12H16ClNO3. The number of halogens is 1. The van der Waals surface area contributed by atoms with Crippen molar-refractivity contribution in [1.82, 2.24) is 0 Å². The smallest absolute Gasteiger partial charge is 0.306 e. The SMILES string of the molecule is COc1ccc(NCCC(C)C(=O)O)cc1Cl. The first-order chi connectivity index (χ1) is 8.04. The van der Waals surface area contributed by atoms with Gasteiger partial charge >= 0.3 is 5.97 Å². The molecule has 4 nitrogen and oxygen atoms in total. The molecule has 17 heavy (non-hydrogen) atoms. The van der Waals surface area contributed by atoms with Crippen molar-refractivity contribution in [2.24, 2.45) is 5.92 Å².